The van der Waals surface area contributed by atoms with Gasteiger partial charge in [0.1, 0.15) is 0 Å². The second-order valence-corrected chi connectivity index (χ2v) is 4.26. The smallest absolute Gasteiger partial charge is 0.0899 e. The van der Waals surface area contributed by atoms with Gasteiger partial charge in [-0.2, -0.15) is 0 Å². The van der Waals surface area contributed by atoms with Crippen molar-refractivity contribution < 1.29 is 5.11 Å². The van der Waals surface area contributed by atoms with E-state index >= 15 is 0 Å². The molecule has 1 atom stereocenters. The van der Waals surface area contributed by atoms with E-state index in [1.807, 2.05) is 24.3 Å². The van der Waals surface area contributed by atoms with E-state index in [4.69, 9.17) is 6.42 Å². The summed E-state index contributed by atoms with van der Waals surface area (Å²) in [5, 5.41) is 9.59. The van der Waals surface area contributed by atoms with Crippen molar-refractivity contribution in [3.63, 3.8) is 0 Å². The number of hydrogen-bond donors (Lipinski definition) is 1. The van der Waals surface area contributed by atoms with Gasteiger partial charge < -0.3 is 5.11 Å². The van der Waals surface area contributed by atoms with Crippen molar-refractivity contribution in [3.8, 4) is 12.3 Å². The molecule has 0 spiro atoms. The Hall–Kier alpha value is -0.910. The van der Waals surface area contributed by atoms with E-state index in [2.05, 4.69) is 12.8 Å². The molecule has 0 saturated carbocycles. The van der Waals surface area contributed by atoms with Gasteiger partial charge in [-0.3, -0.25) is 0 Å². The minimum atomic E-state index is -0.527. The van der Waals surface area contributed by atoms with Crippen LogP contribution in [0.2, 0.25) is 0 Å². The highest BCUT2D eigenvalue weighted by Crippen LogP contribution is 2.21. The predicted octanol–water partition coefficient (Wildman–Crippen LogP) is 2.86. The van der Waals surface area contributed by atoms with E-state index in [1.165, 1.54) is 4.90 Å². The van der Waals surface area contributed by atoms with Gasteiger partial charge in [0.05, 0.1) is 6.10 Å². The average Bonchev–Trinajstić information content (AvgIpc) is 2.20. The third-order valence-corrected chi connectivity index (χ3v) is 2.78. The van der Waals surface area contributed by atoms with Crippen LogP contribution in [0.4, 0.5) is 0 Å². The molecule has 0 bridgehead atoms. The maximum absolute atomic E-state index is 9.59. The molecule has 1 unspecified atom stereocenters. The lowest BCUT2D eigenvalue weighted by atomic mass is 10.1. The number of rotatable bonds is 4. The number of aliphatic hydroxyl groups excluding tert-OH is 1. The third kappa shape index (κ3) is 3.10. The lowest BCUT2D eigenvalue weighted by molar-refractivity contribution is 0.184. The van der Waals surface area contributed by atoms with Crippen molar-refractivity contribution in [1.29, 1.82) is 0 Å². The van der Waals surface area contributed by atoms with Crippen LogP contribution in [0.25, 0.3) is 0 Å². The number of thioether (sulfide) groups is 1. The highest BCUT2D eigenvalue weighted by atomic mass is 32.2. The van der Waals surface area contributed by atoms with E-state index in [9.17, 15) is 5.11 Å². The summed E-state index contributed by atoms with van der Waals surface area (Å²) in [6, 6.07) is 7.90. The molecule has 1 aromatic carbocycles. The fraction of sp³-hybridized carbons (Fsp3) is 0.333. The summed E-state index contributed by atoms with van der Waals surface area (Å²) in [5.74, 6) is 3.51. The number of terminal acetylenes is 1. The Morgan fingerprint density at radius 2 is 2.07 bits per heavy atom. The first-order valence-electron chi connectivity index (χ1n) is 4.62. The first-order valence-corrected chi connectivity index (χ1v) is 5.60. The molecule has 0 radical (unpaired) electrons. The van der Waals surface area contributed by atoms with Gasteiger partial charge in [0.2, 0.25) is 0 Å². The van der Waals surface area contributed by atoms with E-state index in [0.717, 1.165) is 11.3 Å². The van der Waals surface area contributed by atoms with Gasteiger partial charge >= 0.3 is 0 Å². The monoisotopic (exact) mass is 206 g/mol. The van der Waals surface area contributed by atoms with Crippen LogP contribution in [0.1, 0.15) is 25.0 Å². The molecule has 0 aliphatic rings. The Morgan fingerprint density at radius 1 is 1.43 bits per heavy atom. The van der Waals surface area contributed by atoms with Crippen molar-refractivity contribution in [1.82, 2.24) is 0 Å². The lowest BCUT2D eigenvalue weighted by Crippen LogP contribution is -1.95. The quantitative estimate of drug-likeness (QED) is 0.604. The van der Waals surface area contributed by atoms with Crippen LogP contribution in [0.3, 0.4) is 0 Å². The molecule has 1 N–H and O–H groups in total. The van der Waals surface area contributed by atoms with Gasteiger partial charge in [-0.25, -0.2) is 0 Å². The molecular formula is C12H14OS. The van der Waals surface area contributed by atoms with Crippen LogP contribution >= 0.6 is 11.8 Å². The van der Waals surface area contributed by atoms with Crippen molar-refractivity contribution in [2.45, 2.75) is 24.3 Å². The highest BCUT2D eigenvalue weighted by Gasteiger charge is 2.04. The SMILES string of the molecule is C#CCC(O)c1ccc(SCC)cc1. The van der Waals surface area contributed by atoms with E-state index in [-0.39, 0.29) is 0 Å². The molecule has 2 heteroatoms. The van der Waals surface area contributed by atoms with Gasteiger partial charge in [-0.15, -0.1) is 24.1 Å². The maximum Gasteiger partial charge on any atom is 0.0899 e. The molecule has 0 fully saturated rings. The number of hydrogen-bond acceptors (Lipinski definition) is 2. The molecule has 0 aromatic heterocycles. The lowest BCUT2D eigenvalue weighted by Gasteiger charge is -2.07. The van der Waals surface area contributed by atoms with Crippen LogP contribution in [0.5, 0.6) is 0 Å². The molecule has 14 heavy (non-hydrogen) atoms. The molecule has 0 saturated heterocycles. The summed E-state index contributed by atoms with van der Waals surface area (Å²) in [6.07, 6.45) is 4.98. The predicted molar refractivity (Wildman–Crippen MR) is 61.2 cm³/mol. The van der Waals surface area contributed by atoms with Crippen molar-refractivity contribution >= 4 is 11.8 Å². The zero-order valence-electron chi connectivity index (χ0n) is 8.23. The Bertz CT molecular complexity index is 310. The van der Waals surface area contributed by atoms with Gasteiger partial charge in [0, 0.05) is 11.3 Å². The van der Waals surface area contributed by atoms with Crippen molar-refractivity contribution in [3.05, 3.63) is 29.8 Å². The third-order valence-electron chi connectivity index (χ3n) is 1.89. The zero-order valence-corrected chi connectivity index (χ0v) is 9.05. The summed E-state index contributed by atoms with van der Waals surface area (Å²) < 4.78 is 0. The van der Waals surface area contributed by atoms with Gasteiger partial charge in [0.25, 0.3) is 0 Å². The fourth-order valence-electron chi connectivity index (χ4n) is 1.18. The molecule has 0 aliphatic heterocycles. The first-order chi connectivity index (χ1) is 6.77. The maximum atomic E-state index is 9.59. The van der Waals surface area contributed by atoms with E-state index < -0.39 is 6.10 Å². The molecule has 1 aromatic rings. The summed E-state index contributed by atoms with van der Waals surface area (Å²) >= 11 is 1.79. The highest BCUT2D eigenvalue weighted by molar-refractivity contribution is 7.99. The van der Waals surface area contributed by atoms with E-state index in [0.29, 0.717) is 6.42 Å². The van der Waals surface area contributed by atoms with Crippen LogP contribution < -0.4 is 0 Å². The molecule has 0 amide bonds. The summed E-state index contributed by atoms with van der Waals surface area (Å²) in [5.41, 5.74) is 0.892. The largest absolute Gasteiger partial charge is 0.387 e. The summed E-state index contributed by atoms with van der Waals surface area (Å²) in [4.78, 5) is 1.23. The standard InChI is InChI=1S/C12H14OS/c1-3-5-12(13)10-6-8-11(9-7-10)14-4-2/h1,6-9,12-13H,4-5H2,2H3. The van der Waals surface area contributed by atoms with Gasteiger partial charge in [-0.1, -0.05) is 19.1 Å². The second kappa shape index (κ2) is 5.74. The Morgan fingerprint density at radius 3 is 2.57 bits per heavy atom. The molecular weight excluding hydrogens is 192 g/mol. The Labute approximate surface area is 89.5 Å². The van der Waals surface area contributed by atoms with Crippen molar-refractivity contribution in [2.24, 2.45) is 0 Å². The number of benzene rings is 1. The molecule has 1 rings (SSSR count). The molecule has 74 valence electrons. The summed E-state index contributed by atoms with van der Waals surface area (Å²) in [7, 11) is 0. The van der Waals surface area contributed by atoms with Crippen LogP contribution in [0.15, 0.2) is 29.2 Å². The topological polar surface area (TPSA) is 20.2 Å². The average molecular weight is 206 g/mol. The summed E-state index contributed by atoms with van der Waals surface area (Å²) in [6.45, 7) is 2.12. The molecule has 0 aliphatic carbocycles. The Kier molecular flexibility index (Phi) is 4.58. The van der Waals surface area contributed by atoms with Crippen LogP contribution in [0, 0.1) is 12.3 Å². The fourth-order valence-corrected chi connectivity index (χ4v) is 1.84. The second-order valence-electron chi connectivity index (χ2n) is 2.93. The number of aliphatic hydroxyl groups is 1. The van der Waals surface area contributed by atoms with Gasteiger partial charge in [-0.05, 0) is 23.4 Å². The minimum absolute atomic E-state index is 0.375. The van der Waals surface area contributed by atoms with Gasteiger partial charge in [0.15, 0.2) is 0 Å². The normalized spacial score (nSPS) is 12.1. The first kappa shape index (κ1) is 11.2. The van der Waals surface area contributed by atoms with Crippen molar-refractivity contribution in [2.75, 3.05) is 5.75 Å². The Balaban J connectivity index is 2.68. The molecule has 1 nitrogen and oxygen atoms in total. The molecule has 0 heterocycles. The van der Waals surface area contributed by atoms with Crippen LogP contribution in [-0.2, 0) is 0 Å². The van der Waals surface area contributed by atoms with E-state index in [1.54, 1.807) is 11.8 Å². The minimum Gasteiger partial charge on any atom is -0.387 e. The van der Waals surface area contributed by atoms with Crippen LogP contribution in [-0.4, -0.2) is 10.9 Å². The zero-order chi connectivity index (χ0) is 10.4.